The van der Waals surface area contributed by atoms with Gasteiger partial charge in [-0.3, -0.25) is 9.59 Å². The molecule has 0 N–H and O–H groups in total. The normalized spacial score (nSPS) is 16.1. The predicted octanol–water partition coefficient (Wildman–Crippen LogP) is 3.93. The maximum absolute atomic E-state index is 13.4. The molecule has 3 aromatic rings. The van der Waals surface area contributed by atoms with Crippen LogP contribution in [0.4, 0.5) is 4.39 Å². The van der Waals surface area contributed by atoms with Crippen molar-refractivity contribution < 1.29 is 27.1 Å². The molecule has 8 heteroatoms. The molecule has 0 aliphatic carbocycles. The van der Waals surface area contributed by atoms with Gasteiger partial charge in [0.25, 0.3) is 0 Å². The van der Waals surface area contributed by atoms with Crippen molar-refractivity contribution in [2.45, 2.75) is 23.8 Å². The first-order chi connectivity index (χ1) is 15.9. The topological polar surface area (TPSA) is 80.8 Å². The third-order valence-corrected chi connectivity index (χ3v) is 7.53. The Hall–Kier alpha value is -3.36. The number of ether oxygens (including phenoxy) is 1. The van der Waals surface area contributed by atoms with Gasteiger partial charge in [-0.15, -0.1) is 0 Å². The monoisotopic (exact) mass is 467 g/mol. The van der Waals surface area contributed by atoms with Gasteiger partial charge in [-0.1, -0.05) is 42.5 Å². The van der Waals surface area contributed by atoms with Gasteiger partial charge in [0, 0.05) is 12.1 Å². The van der Waals surface area contributed by atoms with E-state index in [9.17, 15) is 22.4 Å². The number of hydrogen-bond donors (Lipinski definition) is 0. The molecule has 0 saturated carbocycles. The SMILES string of the molecule is O=C(C[C@@H]1c2ccccc2CCN1S(=O)(=O)c1ccccc1)OCC(=O)c1ccc(F)cc1. The summed E-state index contributed by atoms with van der Waals surface area (Å²) in [6, 6.07) is 19.6. The maximum Gasteiger partial charge on any atom is 0.308 e. The molecular weight excluding hydrogens is 445 g/mol. The Kier molecular flexibility index (Phi) is 6.67. The molecule has 1 atom stereocenters. The van der Waals surface area contributed by atoms with Crippen LogP contribution in [-0.4, -0.2) is 37.6 Å². The number of nitrogens with zero attached hydrogens (tertiary/aromatic N) is 1. The Morgan fingerprint density at radius 2 is 1.61 bits per heavy atom. The Morgan fingerprint density at radius 1 is 0.939 bits per heavy atom. The standard InChI is InChI=1S/C25H22FNO5S/c26-20-12-10-19(11-13-20)24(28)17-32-25(29)16-23-22-9-5-4-6-18(22)14-15-27(23)33(30,31)21-7-2-1-3-8-21/h1-13,23H,14-17H2/t23-/m1/s1. The minimum Gasteiger partial charge on any atom is -0.457 e. The second-order valence-corrected chi connectivity index (χ2v) is 9.58. The Labute approximate surface area is 191 Å². The van der Waals surface area contributed by atoms with Crippen molar-refractivity contribution in [1.29, 1.82) is 0 Å². The Balaban J connectivity index is 1.54. The van der Waals surface area contributed by atoms with E-state index in [1.807, 2.05) is 18.2 Å². The van der Waals surface area contributed by atoms with Gasteiger partial charge < -0.3 is 4.74 Å². The summed E-state index contributed by atoms with van der Waals surface area (Å²) in [6.45, 7) is -0.287. The van der Waals surface area contributed by atoms with Crippen LogP contribution in [-0.2, 0) is 26.0 Å². The highest BCUT2D eigenvalue weighted by molar-refractivity contribution is 7.89. The lowest BCUT2D eigenvalue weighted by Crippen LogP contribution is -2.41. The van der Waals surface area contributed by atoms with E-state index < -0.39 is 40.2 Å². The maximum atomic E-state index is 13.4. The van der Waals surface area contributed by atoms with Crippen molar-refractivity contribution in [3.8, 4) is 0 Å². The van der Waals surface area contributed by atoms with Crippen LogP contribution >= 0.6 is 0 Å². The lowest BCUT2D eigenvalue weighted by atomic mass is 9.92. The highest BCUT2D eigenvalue weighted by Gasteiger charge is 2.37. The fraction of sp³-hybridized carbons (Fsp3) is 0.200. The van der Waals surface area contributed by atoms with E-state index in [-0.39, 0.29) is 23.4 Å². The minimum atomic E-state index is -3.85. The molecule has 0 spiro atoms. The number of benzene rings is 3. The molecular formula is C25H22FNO5S. The molecule has 0 bridgehead atoms. The van der Waals surface area contributed by atoms with Crippen LogP contribution in [0.15, 0.2) is 83.8 Å². The molecule has 0 radical (unpaired) electrons. The van der Waals surface area contributed by atoms with Crippen molar-refractivity contribution in [1.82, 2.24) is 4.31 Å². The predicted molar refractivity (Wildman–Crippen MR) is 120 cm³/mol. The van der Waals surface area contributed by atoms with E-state index in [1.54, 1.807) is 24.3 Å². The van der Waals surface area contributed by atoms with Crippen LogP contribution in [0.25, 0.3) is 0 Å². The molecule has 33 heavy (non-hydrogen) atoms. The average Bonchev–Trinajstić information content (AvgIpc) is 2.83. The summed E-state index contributed by atoms with van der Waals surface area (Å²) < 4.78 is 46.3. The van der Waals surface area contributed by atoms with Gasteiger partial charge >= 0.3 is 5.97 Å². The third kappa shape index (κ3) is 5.02. The highest BCUT2D eigenvalue weighted by atomic mass is 32.2. The van der Waals surface area contributed by atoms with Crippen molar-refractivity contribution in [3.05, 3.63) is 101 Å². The summed E-state index contributed by atoms with van der Waals surface area (Å²) in [4.78, 5) is 25.1. The second kappa shape index (κ2) is 9.64. The van der Waals surface area contributed by atoms with E-state index in [2.05, 4.69) is 0 Å². The summed E-state index contributed by atoms with van der Waals surface area (Å²) in [5, 5.41) is 0. The van der Waals surface area contributed by atoms with E-state index in [0.717, 1.165) is 23.3 Å². The molecule has 0 fully saturated rings. The number of carbonyl (C=O) groups excluding carboxylic acids is 2. The molecule has 1 aliphatic heterocycles. The van der Waals surface area contributed by atoms with Gasteiger partial charge in [-0.25, -0.2) is 12.8 Å². The number of carbonyl (C=O) groups is 2. The molecule has 170 valence electrons. The number of sulfonamides is 1. The lowest BCUT2D eigenvalue weighted by molar-refractivity contribution is -0.143. The molecule has 3 aromatic carbocycles. The fourth-order valence-electron chi connectivity index (χ4n) is 3.94. The van der Waals surface area contributed by atoms with Gasteiger partial charge in [0.2, 0.25) is 10.0 Å². The number of fused-ring (bicyclic) bond motifs is 1. The largest absolute Gasteiger partial charge is 0.457 e. The molecule has 0 aromatic heterocycles. The van der Waals surface area contributed by atoms with Crippen molar-refractivity contribution in [2.24, 2.45) is 0 Å². The summed E-state index contributed by atoms with van der Waals surface area (Å²) in [6.07, 6.45) is 0.288. The third-order valence-electron chi connectivity index (χ3n) is 5.60. The van der Waals surface area contributed by atoms with Crippen LogP contribution in [0.2, 0.25) is 0 Å². The quantitative estimate of drug-likeness (QED) is 0.389. The molecule has 6 nitrogen and oxygen atoms in total. The molecule has 0 unspecified atom stereocenters. The van der Waals surface area contributed by atoms with Gasteiger partial charge in [0.15, 0.2) is 12.4 Å². The summed E-state index contributed by atoms with van der Waals surface area (Å²) >= 11 is 0. The number of hydrogen-bond acceptors (Lipinski definition) is 5. The molecule has 0 amide bonds. The molecule has 1 heterocycles. The first-order valence-corrected chi connectivity index (χ1v) is 11.9. The van der Waals surface area contributed by atoms with Gasteiger partial charge in [-0.2, -0.15) is 4.31 Å². The van der Waals surface area contributed by atoms with Gasteiger partial charge in [0.1, 0.15) is 5.82 Å². The molecule has 1 aliphatic rings. The Morgan fingerprint density at radius 3 is 2.33 bits per heavy atom. The fourth-order valence-corrected chi connectivity index (χ4v) is 5.56. The van der Waals surface area contributed by atoms with Crippen LogP contribution < -0.4 is 0 Å². The number of esters is 1. The molecule has 0 saturated heterocycles. The highest BCUT2D eigenvalue weighted by Crippen LogP contribution is 2.36. The number of rotatable bonds is 7. The van der Waals surface area contributed by atoms with E-state index >= 15 is 0 Å². The van der Waals surface area contributed by atoms with Crippen LogP contribution in [0.3, 0.4) is 0 Å². The first-order valence-electron chi connectivity index (χ1n) is 10.5. The second-order valence-electron chi connectivity index (χ2n) is 7.69. The molecule has 4 rings (SSSR count). The van der Waals surface area contributed by atoms with E-state index in [4.69, 9.17) is 4.74 Å². The van der Waals surface area contributed by atoms with Crippen molar-refractivity contribution in [2.75, 3.05) is 13.2 Å². The van der Waals surface area contributed by atoms with Crippen LogP contribution in [0.1, 0.15) is 33.9 Å². The summed E-state index contributed by atoms with van der Waals surface area (Å²) in [5.41, 5.74) is 1.93. The zero-order chi connectivity index (χ0) is 23.4. The van der Waals surface area contributed by atoms with Gasteiger partial charge in [-0.05, 0) is 53.9 Å². The zero-order valence-electron chi connectivity index (χ0n) is 17.7. The van der Waals surface area contributed by atoms with Crippen LogP contribution in [0, 0.1) is 5.82 Å². The lowest BCUT2D eigenvalue weighted by Gasteiger charge is -2.36. The first kappa shape index (κ1) is 22.8. The van der Waals surface area contributed by atoms with E-state index in [1.165, 1.54) is 28.6 Å². The van der Waals surface area contributed by atoms with E-state index in [0.29, 0.717) is 6.42 Å². The summed E-state index contributed by atoms with van der Waals surface area (Å²) in [7, 11) is -3.85. The Bertz CT molecular complexity index is 1260. The number of Topliss-reactive ketones (excluding diaryl/α,β-unsaturated/α-hetero) is 1. The zero-order valence-corrected chi connectivity index (χ0v) is 18.5. The minimum absolute atomic E-state index is 0.147. The van der Waals surface area contributed by atoms with Crippen molar-refractivity contribution in [3.63, 3.8) is 0 Å². The number of ketones is 1. The van der Waals surface area contributed by atoms with Crippen LogP contribution in [0.5, 0.6) is 0 Å². The smallest absolute Gasteiger partial charge is 0.308 e. The van der Waals surface area contributed by atoms with Gasteiger partial charge in [0.05, 0.1) is 17.4 Å². The summed E-state index contributed by atoms with van der Waals surface area (Å²) in [5.74, 6) is -1.64. The van der Waals surface area contributed by atoms with Crippen molar-refractivity contribution >= 4 is 21.8 Å². The number of halogens is 1. The average molecular weight is 468 g/mol.